The minimum Gasteiger partial charge on any atom is -0.414 e. The molecule has 0 amide bonds. The highest BCUT2D eigenvalue weighted by atomic mass is 28.4. The summed E-state index contributed by atoms with van der Waals surface area (Å²) in [5.74, 6) is 1.27. The van der Waals surface area contributed by atoms with E-state index < -0.39 is 8.32 Å². The Balaban J connectivity index is 2.37. The van der Waals surface area contributed by atoms with E-state index >= 15 is 0 Å². The standard InChI is InChI=1S/C13H28O2Si/c1-10(7-11-8-12(11)9-14)15-16(5,6)13(2,3)4/h10-12,14H,7-9H2,1-6H3/t10-,11-,12+/m0/s1. The van der Waals surface area contributed by atoms with Crippen molar-refractivity contribution in [2.45, 2.75) is 64.8 Å². The predicted octanol–water partition coefficient (Wildman–Crippen LogP) is 3.42. The Morgan fingerprint density at radius 3 is 2.25 bits per heavy atom. The van der Waals surface area contributed by atoms with Gasteiger partial charge in [-0.15, -0.1) is 0 Å². The van der Waals surface area contributed by atoms with Crippen LogP contribution in [-0.4, -0.2) is 26.1 Å². The first-order valence-electron chi connectivity index (χ1n) is 6.46. The minimum atomic E-state index is -1.60. The number of hydrogen-bond acceptors (Lipinski definition) is 2. The van der Waals surface area contributed by atoms with Crippen LogP contribution >= 0.6 is 0 Å². The Kier molecular flexibility index (Phi) is 4.25. The molecule has 0 bridgehead atoms. The first-order chi connectivity index (χ1) is 7.17. The molecule has 0 aromatic rings. The lowest BCUT2D eigenvalue weighted by Crippen LogP contribution is -2.43. The maximum Gasteiger partial charge on any atom is 0.192 e. The summed E-state index contributed by atoms with van der Waals surface area (Å²) in [5.41, 5.74) is 0. The maximum absolute atomic E-state index is 9.02. The summed E-state index contributed by atoms with van der Waals surface area (Å²) in [4.78, 5) is 0. The van der Waals surface area contributed by atoms with Gasteiger partial charge in [-0.05, 0) is 49.7 Å². The molecule has 0 aromatic heterocycles. The van der Waals surface area contributed by atoms with Gasteiger partial charge in [0, 0.05) is 12.7 Å². The van der Waals surface area contributed by atoms with Crippen LogP contribution in [0.5, 0.6) is 0 Å². The van der Waals surface area contributed by atoms with Crippen molar-refractivity contribution < 1.29 is 9.53 Å². The molecule has 1 rings (SSSR count). The average molecular weight is 244 g/mol. The molecule has 0 unspecified atom stereocenters. The lowest BCUT2D eigenvalue weighted by atomic mass is 10.2. The summed E-state index contributed by atoms with van der Waals surface area (Å²) in [6, 6.07) is 0. The minimum absolute atomic E-state index is 0.293. The highest BCUT2D eigenvalue weighted by molar-refractivity contribution is 6.74. The molecule has 1 aliphatic carbocycles. The van der Waals surface area contributed by atoms with Gasteiger partial charge in [-0.2, -0.15) is 0 Å². The van der Waals surface area contributed by atoms with E-state index in [0.717, 1.165) is 6.42 Å². The topological polar surface area (TPSA) is 29.5 Å². The fourth-order valence-electron chi connectivity index (χ4n) is 1.98. The van der Waals surface area contributed by atoms with E-state index in [4.69, 9.17) is 9.53 Å². The van der Waals surface area contributed by atoms with Crippen molar-refractivity contribution in [3.8, 4) is 0 Å². The van der Waals surface area contributed by atoms with Crippen LogP contribution in [0.25, 0.3) is 0 Å². The average Bonchev–Trinajstić information content (AvgIpc) is 2.79. The van der Waals surface area contributed by atoms with Gasteiger partial charge in [0.2, 0.25) is 0 Å². The van der Waals surface area contributed by atoms with Crippen molar-refractivity contribution in [3.05, 3.63) is 0 Å². The summed E-state index contributed by atoms with van der Waals surface area (Å²) in [6.45, 7) is 14.0. The zero-order chi connectivity index (χ0) is 12.6. The SMILES string of the molecule is C[C@@H](C[C@H]1C[C@@H]1CO)O[Si](C)(C)C(C)(C)C. The van der Waals surface area contributed by atoms with Crippen LogP contribution < -0.4 is 0 Å². The predicted molar refractivity (Wildman–Crippen MR) is 71.0 cm³/mol. The molecule has 1 aliphatic rings. The molecule has 96 valence electrons. The van der Waals surface area contributed by atoms with Crippen LogP contribution in [0, 0.1) is 11.8 Å². The molecule has 0 aromatic carbocycles. The van der Waals surface area contributed by atoms with E-state index in [9.17, 15) is 0 Å². The molecule has 0 aliphatic heterocycles. The van der Waals surface area contributed by atoms with Crippen molar-refractivity contribution in [1.29, 1.82) is 0 Å². The molecule has 16 heavy (non-hydrogen) atoms. The van der Waals surface area contributed by atoms with E-state index in [0.29, 0.717) is 29.6 Å². The molecular formula is C13H28O2Si. The summed E-state index contributed by atoms with van der Waals surface area (Å²) < 4.78 is 6.30. The Hall–Kier alpha value is 0.137. The Morgan fingerprint density at radius 1 is 1.31 bits per heavy atom. The van der Waals surface area contributed by atoms with Gasteiger partial charge in [0.15, 0.2) is 8.32 Å². The van der Waals surface area contributed by atoms with Crippen molar-refractivity contribution in [2.24, 2.45) is 11.8 Å². The van der Waals surface area contributed by atoms with Gasteiger partial charge < -0.3 is 9.53 Å². The quantitative estimate of drug-likeness (QED) is 0.751. The van der Waals surface area contributed by atoms with Crippen molar-refractivity contribution in [2.75, 3.05) is 6.61 Å². The molecule has 1 saturated carbocycles. The number of hydrogen-bond donors (Lipinski definition) is 1. The van der Waals surface area contributed by atoms with E-state index in [1.54, 1.807) is 0 Å². The summed E-state index contributed by atoms with van der Waals surface area (Å²) in [6.07, 6.45) is 2.67. The van der Waals surface area contributed by atoms with Gasteiger partial charge in [0.05, 0.1) is 0 Å². The lowest BCUT2D eigenvalue weighted by molar-refractivity contribution is 0.176. The van der Waals surface area contributed by atoms with Crippen molar-refractivity contribution >= 4 is 8.32 Å². The maximum atomic E-state index is 9.02. The van der Waals surface area contributed by atoms with E-state index in [1.807, 2.05) is 0 Å². The second-order valence-electron chi connectivity index (χ2n) is 6.86. The molecule has 1 N–H and O–H groups in total. The van der Waals surface area contributed by atoms with Gasteiger partial charge in [-0.1, -0.05) is 20.8 Å². The third-order valence-corrected chi connectivity index (χ3v) is 8.84. The van der Waals surface area contributed by atoms with Crippen LogP contribution in [0.4, 0.5) is 0 Å². The van der Waals surface area contributed by atoms with Crippen molar-refractivity contribution in [3.63, 3.8) is 0 Å². The van der Waals surface area contributed by atoms with E-state index in [2.05, 4.69) is 40.8 Å². The van der Waals surface area contributed by atoms with Gasteiger partial charge in [0.1, 0.15) is 0 Å². The summed E-state index contributed by atoms with van der Waals surface area (Å²) >= 11 is 0. The molecule has 0 saturated heterocycles. The summed E-state index contributed by atoms with van der Waals surface area (Å²) in [5, 5.41) is 9.31. The zero-order valence-electron chi connectivity index (χ0n) is 11.7. The number of rotatable bonds is 5. The fraction of sp³-hybridized carbons (Fsp3) is 1.00. The van der Waals surface area contributed by atoms with E-state index in [-0.39, 0.29) is 0 Å². The zero-order valence-corrected chi connectivity index (χ0v) is 12.7. The van der Waals surface area contributed by atoms with Crippen molar-refractivity contribution in [1.82, 2.24) is 0 Å². The third kappa shape index (κ3) is 3.57. The van der Waals surface area contributed by atoms with Crippen LogP contribution in [0.15, 0.2) is 0 Å². The highest BCUT2D eigenvalue weighted by Crippen LogP contribution is 2.43. The molecule has 0 spiro atoms. The first kappa shape index (κ1) is 14.2. The molecular weight excluding hydrogens is 216 g/mol. The smallest absolute Gasteiger partial charge is 0.192 e. The molecule has 0 heterocycles. The third-order valence-electron chi connectivity index (χ3n) is 4.24. The first-order valence-corrected chi connectivity index (χ1v) is 9.37. The van der Waals surface area contributed by atoms with Gasteiger partial charge in [0.25, 0.3) is 0 Å². The molecule has 0 radical (unpaired) electrons. The van der Waals surface area contributed by atoms with Crippen LogP contribution in [0.1, 0.15) is 40.5 Å². The molecule has 1 fully saturated rings. The molecule has 2 nitrogen and oxygen atoms in total. The van der Waals surface area contributed by atoms with Crippen LogP contribution in [-0.2, 0) is 4.43 Å². The second-order valence-corrected chi connectivity index (χ2v) is 11.6. The molecule has 3 heteroatoms. The van der Waals surface area contributed by atoms with Crippen LogP contribution in [0.2, 0.25) is 18.1 Å². The monoisotopic (exact) mass is 244 g/mol. The summed E-state index contributed by atoms with van der Waals surface area (Å²) in [7, 11) is -1.60. The second kappa shape index (κ2) is 4.79. The highest BCUT2D eigenvalue weighted by Gasteiger charge is 2.41. The number of aliphatic hydroxyl groups is 1. The van der Waals surface area contributed by atoms with Gasteiger partial charge >= 0.3 is 0 Å². The fourth-order valence-corrected chi connectivity index (χ4v) is 3.43. The van der Waals surface area contributed by atoms with Gasteiger partial charge in [-0.25, -0.2) is 0 Å². The molecule has 3 atom stereocenters. The number of aliphatic hydroxyl groups excluding tert-OH is 1. The largest absolute Gasteiger partial charge is 0.414 e. The Bertz CT molecular complexity index is 233. The van der Waals surface area contributed by atoms with E-state index in [1.165, 1.54) is 6.42 Å². The Labute approximate surface area is 102 Å². The van der Waals surface area contributed by atoms with Crippen LogP contribution in [0.3, 0.4) is 0 Å². The lowest BCUT2D eigenvalue weighted by Gasteiger charge is -2.38. The van der Waals surface area contributed by atoms with Gasteiger partial charge in [-0.3, -0.25) is 0 Å². The Morgan fingerprint density at radius 2 is 1.88 bits per heavy atom. The normalized spacial score (nSPS) is 27.9.